The van der Waals surface area contributed by atoms with Gasteiger partial charge in [0.25, 0.3) is 11.7 Å². The predicted octanol–water partition coefficient (Wildman–Crippen LogP) is 5.75. The molecule has 1 heterocycles. The third-order valence-electron chi connectivity index (χ3n) is 5.53. The van der Waals surface area contributed by atoms with Crippen molar-refractivity contribution in [3.63, 3.8) is 0 Å². The fourth-order valence-electron chi connectivity index (χ4n) is 4.00. The number of hydrogen-bond acceptors (Lipinski definition) is 5. The molecule has 1 fully saturated rings. The van der Waals surface area contributed by atoms with Crippen LogP contribution in [0.5, 0.6) is 11.5 Å². The number of benzene rings is 2. The van der Waals surface area contributed by atoms with Crippen LogP contribution in [0.4, 0.5) is 0 Å². The second-order valence-electron chi connectivity index (χ2n) is 8.28. The number of rotatable bonds is 9. The summed E-state index contributed by atoms with van der Waals surface area (Å²) in [6.45, 7) is 6.37. The van der Waals surface area contributed by atoms with E-state index < -0.39 is 17.7 Å². The Balaban J connectivity index is 2.14. The van der Waals surface area contributed by atoms with E-state index in [9.17, 15) is 14.7 Å². The van der Waals surface area contributed by atoms with Crippen LogP contribution >= 0.6 is 11.6 Å². The molecule has 1 atom stereocenters. The minimum absolute atomic E-state index is 0.0193. The first-order valence-electron chi connectivity index (χ1n) is 11.2. The minimum Gasteiger partial charge on any atom is -0.507 e. The van der Waals surface area contributed by atoms with Crippen LogP contribution in [-0.4, -0.2) is 41.5 Å². The highest BCUT2D eigenvalue weighted by Gasteiger charge is 2.46. The van der Waals surface area contributed by atoms with Gasteiger partial charge < -0.3 is 19.5 Å². The van der Waals surface area contributed by atoms with Crippen molar-refractivity contribution < 1.29 is 24.2 Å². The van der Waals surface area contributed by atoms with Gasteiger partial charge in [0.1, 0.15) is 17.3 Å². The standard InChI is InChI=1S/C26H30ClNO5/c1-5-6-7-14-28-23(17-8-11-19(12-9-17)33-16(2)3)22(25(30)26(28)31)24(29)20-15-18(27)10-13-21(20)32-4/h8-13,15-16,23,29H,5-7,14H2,1-4H3/b24-22+. The number of hydrogen-bond donors (Lipinski definition) is 1. The van der Waals surface area contributed by atoms with E-state index in [2.05, 4.69) is 6.92 Å². The predicted molar refractivity (Wildman–Crippen MR) is 129 cm³/mol. The summed E-state index contributed by atoms with van der Waals surface area (Å²) in [5, 5.41) is 11.6. The van der Waals surface area contributed by atoms with Crippen molar-refractivity contribution in [2.24, 2.45) is 0 Å². The number of halogens is 1. The summed E-state index contributed by atoms with van der Waals surface area (Å²) in [6.07, 6.45) is 2.69. The molecular weight excluding hydrogens is 442 g/mol. The Kier molecular flexibility index (Phi) is 8.03. The van der Waals surface area contributed by atoms with Crippen molar-refractivity contribution in [3.8, 4) is 11.5 Å². The van der Waals surface area contributed by atoms with Gasteiger partial charge in [-0.1, -0.05) is 43.5 Å². The summed E-state index contributed by atoms with van der Waals surface area (Å²) in [7, 11) is 1.47. The second-order valence-corrected chi connectivity index (χ2v) is 8.72. The number of carbonyl (C=O) groups excluding carboxylic acids is 2. The van der Waals surface area contributed by atoms with Crippen LogP contribution < -0.4 is 9.47 Å². The van der Waals surface area contributed by atoms with Crippen molar-refractivity contribution >= 4 is 29.1 Å². The summed E-state index contributed by atoms with van der Waals surface area (Å²) in [5.41, 5.74) is 1.00. The maximum atomic E-state index is 13.1. The van der Waals surface area contributed by atoms with E-state index in [1.165, 1.54) is 13.2 Å². The number of amides is 1. The lowest BCUT2D eigenvalue weighted by Gasteiger charge is -2.25. The Morgan fingerprint density at radius 2 is 1.82 bits per heavy atom. The molecule has 6 nitrogen and oxygen atoms in total. The first kappa shape index (κ1) is 24.6. The molecule has 1 aliphatic rings. The number of nitrogens with zero attached hydrogens (tertiary/aromatic N) is 1. The van der Waals surface area contributed by atoms with Crippen LogP contribution in [-0.2, 0) is 9.59 Å². The second kappa shape index (κ2) is 10.8. The topological polar surface area (TPSA) is 76.1 Å². The first-order valence-corrected chi connectivity index (χ1v) is 11.5. The van der Waals surface area contributed by atoms with Crippen molar-refractivity contribution in [1.29, 1.82) is 0 Å². The molecule has 1 aliphatic heterocycles. The number of aliphatic hydroxyl groups excluding tert-OH is 1. The van der Waals surface area contributed by atoms with Crippen molar-refractivity contribution in [2.45, 2.75) is 52.2 Å². The maximum absolute atomic E-state index is 13.1. The fraction of sp³-hybridized carbons (Fsp3) is 0.385. The number of methoxy groups -OCH3 is 1. The van der Waals surface area contributed by atoms with E-state index in [0.717, 1.165) is 19.3 Å². The summed E-state index contributed by atoms with van der Waals surface area (Å²) < 4.78 is 11.1. The lowest BCUT2D eigenvalue weighted by molar-refractivity contribution is -0.139. The van der Waals surface area contributed by atoms with E-state index in [1.54, 1.807) is 17.0 Å². The summed E-state index contributed by atoms with van der Waals surface area (Å²) >= 11 is 6.15. The van der Waals surface area contributed by atoms with Crippen LogP contribution in [0.1, 0.15) is 57.2 Å². The fourth-order valence-corrected chi connectivity index (χ4v) is 4.17. The summed E-state index contributed by atoms with van der Waals surface area (Å²) in [5.74, 6) is -0.611. The zero-order chi connectivity index (χ0) is 24.1. The number of unbranched alkanes of at least 4 members (excludes halogenated alkanes) is 2. The molecule has 33 heavy (non-hydrogen) atoms. The zero-order valence-corrected chi connectivity index (χ0v) is 20.2. The smallest absolute Gasteiger partial charge is 0.295 e. The largest absolute Gasteiger partial charge is 0.507 e. The van der Waals surface area contributed by atoms with Crippen LogP contribution in [0.15, 0.2) is 48.0 Å². The third kappa shape index (κ3) is 5.33. The first-order chi connectivity index (χ1) is 15.8. The van der Waals surface area contributed by atoms with Gasteiger partial charge in [-0.3, -0.25) is 9.59 Å². The molecule has 1 saturated heterocycles. The van der Waals surface area contributed by atoms with Crippen molar-refractivity contribution in [3.05, 3.63) is 64.2 Å². The molecule has 0 radical (unpaired) electrons. The molecule has 2 aromatic rings. The van der Waals surface area contributed by atoms with Gasteiger partial charge in [-0.15, -0.1) is 0 Å². The number of likely N-dealkylation sites (tertiary alicyclic amines) is 1. The van der Waals surface area contributed by atoms with E-state index in [-0.39, 0.29) is 23.0 Å². The molecule has 0 spiro atoms. The lowest BCUT2D eigenvalue weighted by atomic mass is 9.95. The van der Waals surface area contributed by atoms with E-state index in [1.807, 2.05) is 38.1 Å². The number of carbonyl (C=O) groups is 2. The Morgan fingerprint density at radius 3 is 2.42 bits per heavy atom. The minimum atomic E-state index is -0.724. The molecule has 7 heteroatoms. The number of aliphatic hydroxyl groups is 1. The molecule has 3 rings (SSSR count). The molecule has 176 valence electrons. The van der Waals surface area contributed by atoms with Crippen LogP contribution in [0.2, 0.25) is 5.02 Å². The Bertz CT molecular complexity index is 1050. The van der Waals surface area contributed by atoms with Crippen LogP contribution in [0, 0.1) is 0 Å². The molecular formula is C26H30ClNO5. The average Bonchev–Trinajstić information content (AvgIpc) is 3.04. The van der Waals surface area contributed by atoms with Gasteiger partial charge in [-0.05, 0) is 56.2 Å². The van der Waals surface area contributed by atoms with Gasteiger partial charge in [0.15, 0.2) is 0 Å². The third-order valence-corrected chi connectivity index (χ3v) is 5.76. The van der Waals surface area contributed by atoms with E-state index in [4.69, 9.17) is 21.1 Å². The normalized spacial score (nSPS) is 17.6. The Hall–Kier alpha value is -2.99. The van der Waals surface area contributed by atoms with Crippen molar-refractivity contribution in [1.82, 2.24) is 4.90 Å². The summed E-state index contributed by atoms with van der Waals surface area (Å²) in [6, 6.07) is 11.3. The molecule has 1 amide bonds. The monoisotopic (exact) mass is 471 g/mol. The average molecular weight is 472 g/mol. The number of Topliss-reactive ketones (excluding diaryl/α,β-unsaturated/α-hetero) is 1. The molecule has 0 saturated carbocycles. The highest BCUT2D eigenvalue weighted by atomic mass is 35.5. The SMILES string of the molecule is CCCCCN1C(=O)C(=O)/C(=C(/O)c2cc(Cl)ccc2OC)C1c1ccc(OC(C)C)cc1. The van der Waals surface area contributed by atoms with E-state index in [0.29, 0.717) is 28.6 Å². The molecule has 1 unspecified atom stereocenters. The van der Waals surface area contributed by atoms with Gasteiger partial charge in [0.05, 0.1) is 30.4 Å². The van der Waals surface area contributed by atoms with Gasteiger partial charge in [-0.25, -0.2) is 0 Å². The van der Waals surface area contributed by atoms with Crippen LogP contribution in [0.3, 0.4) is 0 Å². The van der Waals surface area contributed by atoms with Gasteiger partial charge in [0.2, 0.25) is 0 Å². The molecule has 0 aromatic heterocycles. The molecule has 0 bridgehead atoms. The van der Waals surface area contributed by atoms with Crippen LogP contribution in [0.25, 0.3) is 5.76 Å². The highest BCUT2D eigenvalue weighted by molar-refractivity contribution is 6.46. The Labute approximate surface area is 199 Å². The molecule has 1 N–H and O–H groups in total. The van der Waals surface area contributed by atoms with Gasteiger partial charge >= 0.3 is 0 Å². The molecule has 2 aromatic carbocycles. The number of ketones is 1. The zero-order valence-electron chi connectivity index (χ0n) is 19.4. The maximum Gasteiger partial charge on any atom is 0.295 e. The van der Waals surface area contributed by atoms with E-state index >= 15 is 0 Å². The lowest BCUT2D eigenvalue weighted by Crippen LogP contribution is -2.30. The van der Waals surface area contributed by atoms with Gasteiger partial charge in [-0.2, -0.15) is 0 Å². The quantitative estimate of drug-likeness (QED) is 0.218. The molecule has 0 aliphatic carbocycles. The summed E-state index contributed by atoms with van der Waals surface area (Å²) in [4.78, 5) is 27.7. The van der Waals surface area contributed by atoms with Gasteiger partial charge in [0, 0.05) is 11.6 Å². The number of ether oxygens (including phenoxy) is 2. The Morgan fingerprint density at radius 1 is 1.12 bits per heavy atom. The highest BCUT2D eigenvalue weighted by Crippen LogP contribution is 2.42. The van der Waals surface area contributed by atoms with Crippen molar-refractivity contribution in [2.75, 3.05) is 13.7 Å².